The van der Waals surface area contributed by atoms with Gasteiger partial charge in [0.05, 0.1) is 21.8 Å². The standard InChI is InChI=1S/C20H25N3O4S/c1-3-22-10-12-23(13-11-22)19-9-6-16(20(24)25)14-18(19)21-28(26,27)17-7-4-15(2)5-8-17/h4-9,14,21H,3,10-13H2,1-2H3,(H,24,25). The van der Waals surface area contributed by atoms with Crippen LogP contribution in [0.15, 0.2) is 47.4 Å². The van der Waals surface area contributed by atoms with Crippen LogP contribution < -0.4 is 9.62 Å². The second-order valence-corrected chi connectivity index (χ2v) is 8.56. The van der Waals surface area contributed by atoms with Crippen molar-refractivity contribution in [3.8, 4) is 0 Å². The molecule has 0 unspecified atom stereocenters. The van der Waals surface area contributed by atoms with E-state index in [1.807, 2.05) is 6.92 Å². The fourth-order valence-electron chi connectivity index (χ4n) is 3.25. The monoisotopic (exact) mass is 403 g/mol. The Morgan fingerprint density at radius 3 is 2.29 bits per heavy atom. The topological polar surface area (TPSA) is 89.9 Å². The highest BCUT2D eigenvalue weighted by Crippen LogP contribution is 2.30. The van der Waals surface area contributed by atoms with E-state index in [0.717, 1.165) is 38.3 Å². The molecule has 2 aromatic rings. The van der Waals surface area contributed by atoms with Crippen molar-refractivity contribution in [3.05, 3.63) is 53.6 Å². The zero-order valence-corrected chi connectivity index (χ0v) is 16.9. The maximum Gasteiger partial charge on any atom is 0.335 e. The lowest BCUT2D eigenvalue weighted by molar-refractivity contribution is 0.0697. The Morgan fingerprint density at radius 1 is 1.07 bits per heavy atom. The molecule has 1 saturated heterocycles. The average molecular weight is 404 g/mol. The highest BCUT2D eigenvalue weighted by Gasteiger charge is 2.22. The predicted molar refractivity (Wildman–Crippen MR) is 110 cm³/mol. The fourth-order valence-corrected chi connectivity index (χ4v) is 4.32. The minimum atomic E-state index is -3.83. The summed E-state index contributed by atoms with van der Waals surface area (Å²) in [6, 6.07) is 11.1. The number of piperazine rings is 1. The number of carbonyl (C=O) groups is 1. The van der Waals surface area contributed by atoms with Gasteiger partial charge in [0.2, 0.25) is 0 Å². The number of hydrogen-bond acceptors (Lipinski definition) is 5. The van der Waals surface area contributed by atoms with Crippen LogP contribution in [0.1, 0.15) is 22.8 Å². The summed E-state index contributed by atoms with van der Waals surface area (Å²) in [6.07, 6.45) is 0. The largest absolute Gasteiger partial charge is 0.478 e. The van der Waals surface area contributed by atoms with Gasteiger partial charge in [-0.15, -0.1) is 0 Å². The van der Waals surface area contributed by atoms with E-state index in [2.05, 4.69) is 21.4 Å². The van der Waals surface area contributed by atoms with Crippen molar-refractivity contribution < 1.29 is 18.3 Å². The molecule has 0 aliphatic carbocycles. The van der Waals surface area contributed by atoms with Crippen LogP contribution in [-0.4, -0.2) is 57.1 Å². The van der Waals surface area contributed by atoms with Gasteiger partial charge in [0.1, 0.15) is 0 Å². The quantitative estimate of drug-likeness (QED) is 0.771. The SMILES string of the molecule is CCN1CCN(c2ccc(C(=O)O)cc2NS(=O)(=O)c2ccc(C)cc2)CC1. The number of carboxylic acids is 1. The number of nitrogens with zero attached hydrogens (tertiary/aromatic N) is 2. The van der Waals surface area contributed by atoms with Gasteiger partial charge in [-0.05, 0) is 43.8 Å². The van der Waals surface area contributed by atoms with Crippen molar-refractivity contribution in [2.24, 2.45) is 0 Å². The fraction of sp³-hybridized carbons (Fsp3) is 0.350. The number of sulfonamides is 1. The van der Waals surface area contributed by atoms with Crippen LogP contribution >= 0.6 is 0 Å². The molecule has 1 aliphatic rings. The lowest BCUT2D eigenvalue weighted by atomic mass is 10.1. The average Bonchev–Trinajstić information content (AvgIpc) is 2.68. The number of anilines is 2. The van der Waals surface area contributed by atoms with Gasteiger partial charge in [0.25, 0.3) is 10.0 Å². The molecule has 0 aromatic heterocycles. The number of carboxylic acid groups (broad SMARTS) is 1. The third kappa shape index (κ3) is 4.45. The smallest absolute Gasteiger partial charge is 0.335 e. The van der Waals surface area contributed by atoms with E-state index >= 15 is 0 Å². The summed E-state index contributed by atoms with van der Waals surface area (Å²) in [5.41, 5.74) is 1.97. The zero-order valence-electron chi connectivity index (χ0n) is 16.1. The minimum absolute atomic E-state index is 0.0394. The van der Waals surface area contributed by atoms with Gasteiger partial charge < -0.3 is 14.9 Å². The molecular weight excluding hydrogens is 378 g/mol. The van der Waals surface area contributed by atoms with E-state index < -0.39 is 16.0 Å². The number of hydrogen-bond donors (Lipinski definition) is 2. The first-order valence-corrected chi connectivity index (χ1v) is 10.7. The highest BCUT2D eigenvalue weighted by atomic mass is 32.2. The van der Waals surface area contributed by atoms with Crippen molar-refractivity contribution in [2.45, 2.75) is 18.7 Å². The van der Waals surface area contributed by atoms with E-state index in [-0.39, 0.29) is 16.1 Å². The molecule has 0 amide bonds. The lowest BCUT2D eigenvalue weighted by Gasteiger charge is -2.36. The third-order valence-electron chi connectivity index (χ3n) is 4.98. The molecule has 1 fully saturated rings. The number of rotatable bonds is 6. The van der Waals surface area contributed by atoms with Crippen molar-refractivity contribution in [1.82, 2.24) is 4.90 Å². The van der Waals surface area contributed by atoms with E-state index in [9.17, 15) is 18.3 Å². The molecule has 0 atom stereocenters. The number of aromatic carboxylic acids is 1. The van der Waals surface area contributed by atoms with Gasteiger partial charge in [0, 0.05) is 26.2 Å². The zero-order chi connectivity index (χ0) is 20.3. The second kappa shape index (κ2) is 8.20. The normalized spacial score (nSPS) is 15.4. The van der Waals surface area contributed by atoms with Crippen LogP contribution in [0.3, 0.4) is 0 Å². The summed E-state index contributed by atoms with van der Waals surface area (Å²) in [5, 5.41) is 9.33. The summed E-state index contributed by atoms with van der Waals surface area (Å²) < 4.78 is 28.3. The first kappa shape index (κ1) is 20.2. The van der Waals surface area contributed by atoms with Crippen LogP contribution in [-0.2, 0) is 10.0 Å². The molecule has 2 N–H and O–H groups in total. The van der Waals surface area contributed by atoms with Crippen LogP contribution in [0, 0.1) is 6.92 Å². The predicted octanol–water partition coefficient (Wildman–Crippen LogP) is 2.64. The van der Waals surface area contributed by atoms with Gasteiger partial charge in [-0.1, -0.05) is 24.6 Å². The van der Waals surface area contributed by atoms with E-state index in [0.29, 0.717) is 5.69 Å². The molecular formula is C20H25N3O4S. The molecule has 8 heteroatoms. The Balaban J connectivity index is 1.94. The van der Waals surface area contributed by atoms with Gasteiger partial charge in [0.15, 0.2) is 0 Å². The first-order valence-electron chi connectivity index (χ1n) is 9.24. The van der Waals surface area contributed by atoms with E-state index in [1.165, 1.54) is 12.1 Å². The molecule has 0 spiro atoms. The highest BCUT2D eigenvalue weighted by molar-refractivity contribution is 7.92. The summed E-state index contributed by atoms with van der Waals surface area (Å²) in [7, 11) is -3.83. The maximum absolute atomic E-state index is 12.8. The Labute approximate surface area is 165 Å². The Morgan fingerprint density at radius 2 is 1.71 bits per heavy atom. The van der Waals surface area contributed by atoms with Crippen LogP contribution in [0.25, 0.3) is 0 Å². The lowest BCUT2D eigenvalue weighted by Crippen LogP contribution is -2.46. The van der Waals surface area contributed by atoms with Gasteiger partial charge in [-0.3, -0.25) is 4.72 Å². The third-order valence-corrected chi connectivity index (χ3v) is 6.36. The Hall–Kier alpha value is -2.58. The minimum Gasteiger partial charge on any atom is -0.478 e. The Bertz CT molecular complexity index is 950. The first-order chi connectivity index (χ1) is 13.3. The van der Waals surface area contributed by atoms with Crippen molar-refractivity contribution in [1.29, 1.82) is 0 Å². The summed E-state index contributed by atoms with van der Waals surface area (Å²) in [4.78, 5) is 15.9. The van der Waals surface area contributed by atoms with E-state index in [4.69, 9.17) is 0 Å². The summed E-state index contributed by atoms with van der Waals surface area (Å²) in [6.45, 7) is 8.22. The molecule has 0 bridgehead atoms. The van der Waals surface area contributed by atoms with Gasteiger partial charge in [-0.2, -0.15) is 0 Å². The molecule has 0 radical (unpaired) electrons. The second-order valence-electron chi connectivity index (χ2n) is 6.88. The Kier molecular flexibility index (Phi) is 5.90. The molecule has 3 rings (SSSR count). The molecule has 1 aliphatic heterocycles. The van der Waals surface area contributed by atoms with Gasteiger partial charge in [-0.25, -0.2) is 13.2 Å². The molecule has 2 aromatic carbocycles. The van der Waals surface area contributed by atoms with Crippen molar-refractivity contribution >= 4 is 27.4 Å². The molecule has 1 heterocycles. The van der Waals surface area contributed by atoms with Crippen LogP contribution in [0.5, 0.6) is 0 Å². The molecule has 0 saturated carbocycles. The number of nitrogens with one attached hydrogen (secondary N) is 1. The van der Waals surface area contributed by atoms with Crippen LogP contribution in [0.4, 0.5) is 11.4 Å². The molecule has 28 heavy (non-hydrogen) atoms. The molecule has 150 valence electrons. The molecule has 7 nitrogen and oxygen atoms in total. The summed E-state index contributed by atoms with van der Waals surface area (Å²) in [5.74, 6) is -1.10. The van der Waals surface area contributed by atoms with E-state index in [1.54, 1.807) is 30.3 Å². The number of likely N-dealkylation sites (N-methyl/N-ethyl adjacent to an activating group) is 1. The van der Waals surface area contributed by atoms with Crippen molar-refractivity contribution in [3.63, 3.8) is 0 Å². The number of aryl methyl sites for hydroxylation is 1. The summed E-state index contributed by atoms with van der Waals surface area (Å²) >= 11 is 0. The van der Waals surface area contributed by atoms with Gasteiger partial charge >= 0.3 is 5.97 Å². The van der Waals surface area contributed by atoms with Crippen molar-refractivity contribution in [2.75, 3.05) is 42.3 Å². The maximum atomic E-state index is 12.8. The number of benzene rings is 2. The van der Waals surface area contributed by atoms with Crippen LogP contribution in [0.2, 0.25) is 0 Å².